The number of nitrogens with one attached hydrogen (secondary N) is 2. The normalized spacial score (nSPS) is 10.2. The number of aliphatic carboxylic acids is 1. The Morgan fingerprint density at radius 2 is 1.23 bits per heavy atom. The molecule has 1 rings (SSSR count). The molecule has 0 radical (unpaired) electrons. The predicted octanol–water partition coefficient (Wildman–Crippen LogP) is 1.34. The lowest BCUT2D eigenvalue weighted by atomic mass is 10.2. The van der Waals surface area contributed by atoms with Crippen molar-refractivity contribution >= 4 is 23.5 Å². The number of anilines is 1. The molecule has 0 aliphatic rings. The Hall–Kier alpha value is -3.52. The molecule has 0 aromatic heterocycles. The van der Waals surface area contributed by atoms with Gasteiger partial charge in [-0.2, -0.15) is 5.26 Å². The Kier molecular flexibility index (Phi) is 20.3. The van der Waals surface area contributed by atoms with Gasteiger partial charge < -0.3 is 39.4 Å². The minimum absolute atomic E-state index is 0.0192. The monoisotopic (exact) mass is 547 g/mol. The Labute approximate surface area is 228 Å². The highest BCUT2D eigenvalue weighted by molar-refractivity contribution is 5.90. The van der Waals surface area contributed by atoms with E-state index in [2.05, 4.69) is 22.5 Å². The second-order valence-electron chi connectivity index (χ2n) is 7.90. The molecule has 1 aromatic carbocycles. The van der Waals surface area contributed by atoms with Crippen molar-refractivity contribution in [3.63, 3.8) is 0 Å². The van der Waals surface area contributed by atoms with Crippen LogP contribution in [0.15, 0.2) is 24.3 Å². The summed E-state index contributed by atoms with van der Waals surface area (Å²) in [7, 11) is 0. The number of rotatable bonds is 23. The van der Waals surface area contributed by atoms with E-state index < -0.39 is 5.97 Å². The van der Waals surface area contributed by atoms with Gasteiger partial charge in [0.2, 0.25) is 11.8 Å². The molecule has 0 bridgehead atoms. The third-order valence-electron chi connectivity index (χ3n) is 4.76. The van der Waals surface area contributed by atoms with Crippen LogP contribution in [-0.4, -0.2) is 95.5 Å². The fourth-order valence-corrected chi connectivity index (χ4v) is 2.83. The van der Waals surface area contributed by atoms with Gasteiger partial charge in [-0.15, -0.1) is 0 Å². The van der Waals surface area contributed by atoms with Crippen molar-refractivity contribution in [2.45, 2.75) is 25.7 Å². The van der Waals surface area contributed by atoms with Gasteiger partial charge >= 0.3 is 5.97 Å². The van der Waals surface area contributed by atoms with Gasteiger partial charge in [-0.05, 0) is 30.7 Å². The number of nitriles is 1. The second kappa shape index (κ2) is 23.6. The van der Waals surface area contributed by atoms with Crippen LogP contribution in [0.25, 0.3) is 0 Å². The van der Waals surface area contributed by atoms with E-state index in [-0.39, 0.29) is 44.3 Å². The molecule has 0 heterocycles. The third-order valence-corrected chi connectivity index (χ3v) is 4.76. The lowest BCUT2D eigenvalue weighted by Gasteiger charge is -2.08. The lowest BCUT2D eigenvalue weighted by molar-refractivity contribution is -0.138. The number of carbonyl (C=O) groups is 3. The third kappa shape index (κ3) is 21.1. The number of ether oxygens (including phenoxy) is 5. The predicted molar refractivity (Wildman–Crippen MR) is 141 cm³/mol. The first-order valence-electron chi connectivity index (χ1n) is 12.7. The van der Waals surface area contributed by atoms with Crippen LogP contribution < -0.4 is 10.6 Å². The van der Waals surface area contributed by atoms with Crippen LogP contribution in [0.5, 0.6) is 0 Å². The number of hydrogen-bond donors (Lipinski definition) is 3. The van der Waals surface area contributed by atoms with Crippen molar-refractivity contribution in [1.82, 2.24) is 5.32 Å². The van der Waals surface area contributed by atoms with E-state index >= 15 is 0 Å². The van der Waals surface area contributed by atoms with Gasteiger partial charge in [-0.3, -0.25) is 14.4 Å². The van der Waals surface area contributed by atoms with Gasteiger partial charge in [-0.25, -0.2) is 0 Å². The molecule has 2 amide bonds. The van der Waals surface area contributed by atoms with E-state index in [9.17, 15) is 14.4 Å². The highest BCUT2D eigenvalue weighted by atomic mass is 16.6. The Bertz CT molecular complexity index is 937. The summed E-state index contributed by atoms with van der Waals surface area (Å²) < 4.78 is 26.5. The number of carboxylic acids is 1. The van der Waals surface area contributed by atoms with Gasteiger partial charge in [0.05, 0.1) is 72.5 Å². The van der Waals surface area contributed by atoms with Gasteiger partial charge in [0.1, 0.15) is 0 Å². The van der Waals surface area contributed by atoms with Crippen molar-refractivity contribution in [1.29, 1.82) is 5.26 Å². The van der Waals surface area contributed by atoms with Crippen LogP contribution in [-0.2, 0) is 38.1 Å². The maximum absolute atomic E-state index is 12.0. The molecular weight excluding hydrogens is 510 g/mol. The maximum Gasteiger partial charge on any atom is 0.305 e. The molecule has 0 aliphatic heterocycles. The van der Waals surface area contributed by atoms with Gasteiger partial charge in [0.15, 0.2) is 6.07 Å². The SMILES string of the molecule is N#CC#Cc1ccc(NC(=O)CCCNC(=O)CCOCCOCCOCCOCCOCCC(=O)O)cc1. The molecule has 0 saturated carbocycles. The van der Waals surface area contributed by atoms with E-state index in [0.29, 0.717) is 77.1 Å². The van der Waals surface area contributed by atoms with E-state index in [1.165, 1.54) is 0 Å². The van der Waals surface area contributed by atoms with Crippen molar-refractivity contribution in [3.8, 4) is 17.9 Å². The summed E-state index contributed by atoms with van der Waals surface area (Å²) >= 11 is 0. The molecule has 3 N–H and O–H groups in total. The Balaban J connectivity index is 1.85. The average molecular weight is 548 g/mol. The highest BCUT2D eigenvalue weighted by Crippen LogP contribution is 2.09. The molecule has 0 fully saturated rings. The zero-order valence-corrected chi connectivity index (χ0v) is 22.1. The number of benzene rings is 1. The lowest BCUT2D eigenvalue weighted by Crippen LogP contribution is -2.26. The molecule has 1 aromatic rings. The number of amides is 2. The Morgan fingerprint density at radius 1 is 0.718 bits per heavy atom. The van der Waals surface area contributed by atoms with Crippen molar-refractivity contribution in [3.05, 3.63) is 29.8 Å². The van der Waals surface area contributed by atoms with Crippen molar-refractivity contribution in [2.75, 3.05) is 77.9 Å². The first-order valence-corrected chi connectivity index (χ1v) is 12.7. The summed E-state index contributed by atoms with van der Waals surface area (Å²) in [6.45, 7) is 3.99. The summed E-state index contributed by atoms with van der Waals surface area (Å²) in [5, 5.41) is 22.5. The smallest absolute Gasteiger partial charge is 0.305 e. The van der Waals surface area contributed by atoms with Crippen LogP contribution in [0.2, 0.25) is 0 Å². The largest absolute Gasteiger partial charge is 0.481 e. The zero-order valence-electron chi connectivity index (χ0n) is 22.1. The molecule has 0 atom stereocenters. The van der Waals surface area contributed by atoms with Gasteiger partial charge in [0.25, 0.3) is 0 Å². The molecule has 0 unspecified atom stereocenters. The number of carboxylic acid groups (broad SMARTS) is 1. The summed E-state index contributed by atoms with van der Waals surface area (Å²) in [5.74, 6) is 3.79. The molecule has 12 heteroatoms. The van der Waals surface area contributed by atoms with Crippen molar-refractivity contribution in [2.24, 2.45) is 0 Å². The fraction of sp³-hybridized carbons (Fsp3) is 0.556. The van der Waals surface area contributed by atoms with Crippen LogP contribution in [0.1, 0.15) is 31.2 Å². The van der Waals surface area contributed by atoms with Crippen LogP contribution in [0.4, 0.5) is 5.69 Å². The molecule has 39 heavy (non-hydrogen) atoms. The number of hydrogen-bond acceptors (Lipinski definition) is 9. The number of nitrogens with zero attached hydrogens (tertiary/aromatic N) is 1. The summed E-state index contributed by atoms with van der Waals surface area (Å²) in [6.07, 6.45) is 0.983. The van der Waals surface area contributed by atoms with E-state index in [4.69, 9.17) is 34.1 Å². The van der Waals surface area contributed by atoms with Crippen LogP contribution in [0.3, 0.4) is 0 Å². The highest BCUT2D eigenvalue weighted by Gasteiger charge is 2.05. The minimum atomic E-state index is -0.890. The number of carbonyl (C=O) groups excluding carboxylic acids is 2. The molecular formula is C27H37N3O9. The van der Waals surface area contributed by atoms with Gasteiger partial charge in [0, 0.05) is 36.6 Å². The topological polar surface area (TPSA) is 165 Å². The van der Waals surface area contributed by atoms with Crippen LogP contribution >= 0.6 is 0 Å². The summed E-state index contributed by atoms with van der Waals surface area (Å²) in [4.78, 5) is 34.2. The molecule has 0 saturated heterocycles. The summed E-state index contributed by atoms with van der Waals surface area (Å²) in [6, 6.07) is 8.62. The zero-order chi connectivity index (χ0) is 28.4. The molecule has 0 spiro atoms. The van der Waals surface area contributed by atoms with E-state index in [1.807, 2.05) is 0 Å². The summed E-state index contributed by atoms with van der Waals surface area (Å²) in [5.41, 5.74) is 1.33. The average Bonchev–Trinajstić information content (AvgIpc) is 2.92. The standard InChI is InChI=1S/C27H37N3O9/c28-11-1-3-23-5-7-24(8-6-23)30-26(32)4-2-12-29-25(31)9-13-35-15-17-37-19-21-39-22-20-38-18-16-36-14-10-27(33)34/h5-8H,2,4,9-10,12-22H2,(H,29,31)(H,30,32)(H,33,34). The molecule has 0 aliphatic carbocycles. The molecule has 12 nitrogen and oxygen atoms in total. The first kappa shape index (κ1) is 33.5. The maximum atomic E-state index is 12.0. The Morgan fingerprint density at radius 3 is 1.74 bits per heavy atom. The van der Waals surface area contributed by atoms with Gasteiger partial charge in [-0.1, -0.05) is 5.92 Å². The van der Waals surface area contributed by atoms with E-state index in [0.717, 1.165) is 0 Å². The van der Waals surface area contributed by atoms with E-state index in [1.54, 1.807) is 30.3 Å². The quantitative estimate of drug-likeness (QED) is 0.134. The first-order chi connectivity index (χ1) is 19.0. The minimum Gasteiger partial charge on any atom is -0.481 e. The fourth-order valence-electron chi connectivity index (χ4n) is 2.83. The second-order valence-corrected chi connectivity index (χ2v) is 7.90. The molecule has 214 valence electrons. The van der Waals surface area contributed by atoms with Crippen LogP contribution in [0, 0.1) is 23.2 Å². The van der Waals surface area contributed by atoms with Crippen molar-refractivity contribution < 1.29 is 43.2 Å².